The third-order valence-electron chi connectivity index (χ3n) is 6.69. The highest BCUT2D eigenvalue weighted by molar-refractivity contribution is 7.14. The molecule has 2 aromatic heterocycles. The van der Waals surface area contributed by atoms with Gasteiger partial charge in [-0.25, -0.2) is 4.98 Å². The SMILES string of the molecule is O=C(Nc1nn[nH]n1)c1ccc(C(Nc2nc(-c3ccc(OC(F)(F)F)cc3)cs2)c2ccc3c(c2)CCC3)cc1. The topological polar surface area (TPSA) is 118 Å². The van der Waals surface area contributed by atoms with Gasteiger partial charge in [0.15, 0.2) is 5.13 Å². The minimum absolute atomic E-state index is 0.0823. The van der Waals surface area contributed by atoms with Crippen LogP contribution in [0, 0.1) is 0 Å². The number of rotatable bonds is 8. The van der Waals surface area contributed by atoms with Crippen molar-refractivity contribution < 1.29 is 22.7 Å². The lowest BCUT2D eigenvalue weighted by molar-refractivity contribution is -0.274. The molecule has 208 valence electrons. The molecule has 0 aliphatic heterocycles. The van der Waals surface area contributed by atoms with E-state index in [0.717, 1.165) is 30.4 Å². The molecule has 2 heterocycles. The van der Waals surface area contributed by atoms with Gasteiger partial charge in [0, 0.05) is 16.5 Å². The Bertz CT molecular complexity index is 1650. The largest absolute Gasteiger partial charge is 0.573 e. The first-order chi connectivity index (χ1) is 19.8. The molecule has 0 saturated carbocycles. The maximum absolute atomic E-state index is 12.6. The number of carbonyl (C=O) groups excluding carboxylic acids is 1. The third kappa shape index (κ3) is 6.19. The number of benzene rings is 3. The average Bonchev–Trinajstić information content (AvgIpc) is 3.73. The monoisotopic (exact) mass is 577 g/mol. The number of aryl methyl sites for hydroxylation is 2. The van der Waals surface area contributed by atoms with E-state index in [2.05, 4.69) is 54.2 Å². The van der Waals surface area contributed by atoms with E-state index in [1.807, 2.05) is 17.5 Å². The van der Waals surface area contributed by atoms with Crippen LogP contribution in [0.15, 0.2) is 72.1 Å². The molecule has 5 aromatic rings. The van der Waals surface area contributed by atoms with Crippen LogP contribution in [0.25, 0.3) is 11.3 Å². The molecule has 13 heteroatoms. The van der Waals surface area contributed by atoms with Gasteiger partial charge in [-0.05, 0) is 83.1 Å². The number of amides is 1. The number of nitrogens with zero attached hydrogens (tertiary/aromatic N) is 4. The van der Waals surface area contributed by atoms with Crippen LogP contribution in [-0.2, 0) is 12.8 Å². The number of ether oxygens (including phenoxy) is 1. The first-order valence-corrected chi connectivity index (χ1v) is 13.5. The van der Waals surface area contributed by atoms with E-state index in [1.54, 1.807) is 12.1 Å². The zero-order valence-electron chi connectivity index (χ0n) is 21.3. The van der Waals surface area contributed by atoms with Crippen molar-refractivity contribution in [2.24, 2.45) is 0 Å². The van der Waals surface area contributed by atoms with E-state index < -0.39 is 6.36 Å². The molecular formula is C28H22F3N7O2S. The molecule has 0 bridgehead atoms. The van der Waals surface area contributed by atoms with Crippen LogP contribution in [0.4, 0.5) is 24.3 Å². The molecule has 1 atom stereocenters. The van der Waals surface area contributed by atoms with Crippen molar-refractivity contribution in [2.75, 3.05) is 10.6 Å². The zero-order chi connectivity index (χ0) is 28.4. The van der Waals surface area contributed by atoms with Gasteiger partial charge in [0.1, 0.15) is 5.75 Å². The predicted molar refractivity (Wildman–Crippen MR) is 147 cm³/mol. The van der Waals surface area contributed by atoms with Crippen LogP contribution in [0.5, 0.6) is 5.75 Å². The molecule has 41 heavy (non-hydrogen) atoms. The lowest BCUT2D eigenvalue weighted by atomic mass is 9.95. The number of hydrogen-bond donors (Lipinski definition) is 3. The summed E-state index contributed by atoms with van der Waals surface area (Å²) in [5, 5.41) is 21.8. The van der Waals surface area contributed by atoms with E-state index in [4.69, 9.17) is 4.98 Å². The van der Waals surface area contributed by atoms with Crippen LogP contribution in [0.3, 0.4) is 0 Å². The quantitative estimate of drug-likeness (QED) is 0.202. The molecular weight excluding hydrogens is 555 g/mol. The van der Waals surface area contributed by atoms with E-state index in [1.165, 1.54) is 46.7 Å². The Balaban J connectivity index is 1.25. The van der Waals surface area contributed by atoms with Gasteiger partial charge in [-0.15, -0.1) is 29.6 Å². The van der Waals surface area contributed by atoms with Gasteiger partial charge < -0.3 is 10.1 Å². The van der Waals surface area contributed by atoms with Crippen LogP contribution >= 0.6 is 11.3 Å². The van der Waals surface area contributed by atoms with Gasteiger partial charge in [0.25, 0.3) is 11.9 Å². The maximum atomic E-state index is 12.6. The molecule has 1 aliphatic carbocycles. The Morgan fingerprint density at radius 3 is 2.46 bits per heavy atom. The first-order valence-electron chi connectivity index (χ1n) is 12.7. The summed E-state index contributed by atoms with van der Waals surface area (Å²) < 4.78 is 41.5. The summed E-state index contributed by atoms with van der Waals surface area (Å²) in [6.45, 7) is 0. The van der Waals surface area contributed by atoms with Gasteiger partial charge in [0.05, 0.1) is 11.7 Å². The molecule has 0 fully saturated rings. The van der Waals surface area contributed by atoms with E-state index in [0.29, 0.717) is 22.0 Å². The number of fused-ring (bicyclic) bond motifs is 1. The van der Waals surface area contributed by atoms with Crippen LogP contribution < -0.4 is 15.4 Å². The maximum Gasteiger partial charge on any atom is 0.573 e. The zero-order valence-corrected chi connectivity index (χ0v) is 22.1. The van der Waals surface area contributed by atoms with Crippen LogP contribution in [0.2, 0.25) is 0 Å². The van der Waals surface area contributed by atoms with Gasteiger partial charge in [0.2, 0.25) is 0 Å². The molecule has 0 spiro atoms. The summed E-state index contributed by atoms with van der Waals surface area (Å²) in [5.41, 5.74) is 6.37. The number of thiazole rings is 1. The van der Waals surface area contributed by atoms with Crippen molar-refractivity contribution in [3.63, 3.8) is 0 Å². The van der Waals surface area contributed by atoms with Crippen molar-refractivity contribution in [2.45, 2.75) is 31.7 Å². The molecule has 1 unspecified atom stereocenters. The number of carbonyl (C=O) groups is 1. The number of halogens is 3. The summed E-state index contributed by atoms with van der Waals surface area (Å²) in [6, 6.07) is 19.0. The van der Waals surface area contributed by atoms with E-state index in [9.17, 15) is 18.0 Å². The molecule has 9 nitrogen and oxygen atoms in total. The molecule has 0 radical (unpaired) electrons. The first kappa shape index (κ1) is 26.4. The fourth-order valence-corrected chi connectivity index (χ4v) is 5.52. The second kappa shape index (κ2) is 11.0. The molecule has 3 N–H and O–H groups in total. The van der Waals surface area contributed by atoms with E-state index >= 15 is 0 Å². The minimum atomic E-state index is -4.75. The van der Waals surface area contributed by atoms with Gasteiger partial charge in [-0.2, -0.15) is 5.21 Å². The van der Waals surface area contributed by atoms with Crippen LogP contribution in [-0.4, -0.2) is 37.9 Å². The lowest BCUT2D eigenvalue weighted by Crippen LogP contribution is -2.16. The standard InChI is InChI=1S/C28H22F3N7O2S/c29-28(30,31)40-22-12-10-17(11-13-22)23-15-41-27(32-23)33-24(21-9-4-16-2-1-3-20(16)14-21)18-5-7-19(8-6-18)25(39)34-26-35-37-38-36-26/h4-15,24H,1-3H2,(H,32,33)(H2,34,35,36,37,38,39). The number of H-pyrrole nitrogens is 1. The summed E-state index contributed by atoms with van der Waals surface area (Å²) >= 11 is 1.39. The number of aromatic amines is 1. The summed E-state index contributed by atoms with van der Waals surface area (Å²) in [6.07, 6.45) is -1.52. The summed E-state index contributed by atoms with van der Waals surface area (Å²) in [7, 11) is 0. The number of nitrogens with one attached hydrogen (secondary N) is 3. The average molecular weight is 578 g/mol. The Hall–Kier alpha value is -4.78. The number of anilines is 2. The Kier molecular flexibility index (Phi) is 7.10. The van der Waals surface area contributed by atoms with Gasteiger partial charge in [-0.3, -0.25) is 10.1 Å². The van der Waals surface area contributed by atoms with Crippen molar-refractivity contribution in [3.8, 4) is 17.0 Å². The Labute approximate surface area is 235 Å². The van der Waals surface area contributed by atoms with Crippen molar-refractivity contribution in [1.29, 1.82) is 0 Å². The third-order valence-corrected chi connectivity index (χ3v) is 7.46. The highest BCUT2D eigenvalue weighted by atomic mass is 32.1. The lowest BCUT2D eigenvalue weighted by Gasteiger charge is -2.21. The normalized spacial score (nSPS) is 13.4. The molecule has 1 amide bonds. The minimum Gasteiger partial charge on any atom is -0.406 e. The summed E-state index contributed by atoms with van der Waals surface area (Å²) in [5.74, 6) is -0.573. The van der Waals surface area contributed by atoms with Crippen molar-refractivity contribution >= 4 is 28.3 Å². The van der Waals surface area contributed by atoms with Crippen molar-refractivity contribution in [3.05, 3.63) is 99.9 Å². The molecule has 6 rings (SSSR count). The molecule has 1 aliphatic rings. The van der Waals surface area contributed by atoms with Gasteiger partial charge in [-0.1, -0.05) is 35.4 Å². The van der Waals surface area contributed by atoms with Crippen LogP contribution in [0.1, 0.15) is 45.1 Å². The smallest absolute Gasteiger partial charge is 0.406 e. The van der Waals surface area contributed by atoms with Gasteiger partial charge >= 0.3 is 6.36 Å². The second-order valence-electron chi connectivity index (χ2n) is 9.38. The van der Waals surface area contributed by atoms with Crippen molar-refractivity contribution in [1.82, 2.24) is 25.6 Å². The van der Waals surface area contributed by atoms with E-state index in [-0.39, 0.29) is 23.6 Å². The fourth-order valence-electron chi connectivity index (χ4n) is 4.77. The Morgan fingerprint density at radius 1 is 0.976 bits per heavy atom. The number of aromatic nitrogens is 5. The second-order valence-corrected chi connectivity index (χ2v) is 10.2. The summed E-state index contributed by atoms with van der Waals surface area (Å²) in [4.78, 5) is 17.3. The predicted octanol–water partition coefficient (Wildman–Crippen LogP) is 6.16. The number of hydrogen-bond acceptors (Lipinski definition) is 8. The highest BCUT2D eigenvalue weighted by Gasteiger charge is 2.31. The Morgan fingerprint density at radius 2 is 1.73 bits per heavy atom. The molecule has 0 saturated heterocycles. The molecule has 3 aromatic carbocycles. The number of tetrazole rings is 1. The number of alkyl halides is 3. The highest BCUT2D eigenvalue weighted by Crippen LogP contribution is 2.34. The fraction of sp³-hybridized carbons (Fsp3) is 0.179.